The Hall–Kier alpha value is -4.11. The van der Waals surface area contributed by atoms with Gasteiger partial charge < -0.3 is 0 Å². The van der Waals surface area contributed by atoms with Crippen molar-refractivity contribution in [2.75, 3.05) is 0 Å². The van der Waals surface area contributed by atoms with Crippen molar-refractivity contribution in [1.82, 2.24) is 15.0 Å². The lowest BCUT2D eigenvalue weighted by atomic mass is 10.0. The van der Waals surface area contributed by atoms with Gasteiger partial charge in [-0.3, -0.25) is 4.98 Å². The van der Waals surface area contributed by atoms with E-state index in [2.05, 4.69) is 116 Å². The SMILES string of the molecule is Cc1ccc2cccc(C)c2c1.Cc1ccc2nccc(C)c2c1.Cc1ccc2ncnc(C)c2c1. The third-order valence-corrected chi connectivity index (χ3v) is 6.36. The van der Waals surface area contributed by atoms with Crippen molar-refractivity contribution >= 4 is 32.6 Å². The number of aromatic nitrogens is 3. The molecule has 0 aliphatic heterocycles. The maximum Gasteiger partial charge on any atom is 0.116 e. The van der Waals surface area contributed by atoms with Crippen LogP contribution in [-0.2, 0) is 0 Å². The summed E-state index contributed by atoms with van der Waals surface area (Å²) in [5, 5.41) is 5.12. The molecule has 36 heavy (non-hydrogen) atoms. The highest BCUT2D eigenvalue weighted by molar-refractivity contribution is 5.86. The van der Waals surface area contributed by atoms with Gasteiger partial charge >= 0.3 is 0 Å². The molecule has 4 aromatic carbocycles. The number of benzene rings is 4. The molecule has 2 aromatic heterocycles. The number of nitrogens with zero attached hydrogens (tertiary/aromatic N) is 3. The second-order valence-corrected chi connectivity index (χ2v) is 9.43. The molecule has 2 heterocycles. The van der Waals surface area contributed by atoms with E-state index in [9.17, 15) is 0 Å². The number of hydrogen-bond acceptors (Lipinski definition) is 3. The predicted octanol–water partition coefficient (Wildman–Crippen LogP) is 8.55. The highest BCUT2D eigenvalue weighted by Gasteiger charge is 1.98. The molecule has 0 saturated heterocycles. The summed E-state index contributed by atoms with van der Waals surface area (Å²) >= 11 is 0. The second kappa shape index (κ2) is 11.1. The molecule has 6 rings (SSSR count). The van der Waals surface area contributed by atoms with E-state index in [0.717, 1.165) is 22.1 Å². The normalized spacial score (nSPS) is 10.5. The molecule has 0 amide bonds. The minimum atomic E-state index is 1.02. The number of hydrogen-bond donors (Lipinski definition) is 0. The molecular weight excluding hydrogens is 438 g/mol. The van der Waals surface area contributed by atoms with Gasteiger partial charge in [-0.2, -0.15) is 0 Å². The van der Waals surface area contributed by atoms with Crippen LogP contribution in [-0.4, -0.2) is 15.0 Å². The number of aryl methyl sites for hydroxylation is 6. The van der Waals surface area contributed by atoms with Crippen LogP contribution >= 0.6 is 0 Å². The molecule has 0 aliphatic rings. The van der Waals surface area contributed by atoms with Gasteiger partial charge in [0.15, 0.2) is 0 Å². The fourth-order valence-corrected chi connectivity index (χ4v) is 4.24. The van der Waals surface area contributed by atoms with E-state index in [4.69, 9.17) is 0 Å². The van der Waals surface area contributed by atoms with E-state index in [1.807, 2.05) is 25.3 Å². The van der Waals surface area contributed by atoms with Crippen molar-refractivity contribution < 1.29 is 0 Å². The summed E-state index contributed by atoms with van der Waals surface area (Å²) in [6, 6.07) is 27.6. The summed E-state index contributed by atoms with van der Waals surface area (Å²) in [5.74, 6) is 0. The van der Waals surface area contributed by atoms with Crippen molar-refractivity contribution in [3.63, 3.8) is 0 Å². The minimum Gasteiger partial charge on any atom is -0.256 e. The molecule has 0 radical (unpaired) electrons. The van der Waals surface area contributed by atoms with Crippen molar-refractivity contribution in [2.24, 2.45) is 0 Å². The van der Waals surface area contributed by atoms with E-state index < -0.39 is 0 Å². The molecule has 180 valence electrons. The van der Waals surface area contributed by atoms with Gasteiger partial charge in [-0.1, -0.05) is 65.2 Å². The molecule has 0 fully saturated rings. The van der Waals surface area contributed by atoms with Gasteiger partial charge in [0.05, 0.1) is 11.0 Å². The third-order valence-electron chi connectivity index (χ3n) is 6.36. The lowest BCUT2D eigenvalue weighted by molar-refractivity contribution is 1.15. The molecule has 6 aromatic rings. The maximum atomic E-state index is 4.28. The van der Waals surface area contributed by atoms with Crippen LogP contribution in [0.5, 0.6) is 0 Å². The van der Waals surface area contributed by atoms with E-state index in [1.165, 1.54) is 44.0 Å². The van der Waals surface area contributed by atoms with Crippen molar-refractivity contribution in [2.45, 2.75) is 41.5 Å². The highest BCUT2D eigenvalue weighted by atomic mass is 14.8. The third kappa shape index (κ3) is 5.92. The monoisotopic (exact) mass is 471 g/mol. The van der Waals surface area contributed by atoms with Gasteiger partial charge in [-0.15, -0.1) is 0 Å². The van der Waals surface area contributed by atoms with Crippen LogP contribution < -0.4 is 0 Å². The fourth-order valence-electron chi connectivity index (χ4n) is 4.24. The average molecular weight is 472 g/mol. The molecule has 0 saturated carbocycles. The van der Waals surface area contributed by atoms with Gasteiger partial charge in [0, 0.05) is 22.7 Å². The lowest BCUT2D eigenvalue weighted by Gasteiger charge is -2.01. The van der Waals surface area contributed by atoms with E-state index in [-0.39, 0.29) is 0 Å². The Morgan fingerprint density at radius 2 is 1.06 bits per heavy atom. The van der Waals surface area contributed by atoms with Crippen LogP contribution in [0.3, 0.4) is 0 Å². The molecule has 3 nitrogen and oxygen atoms in total. The zero-order chi connectivity index (χ0) is 25.7. The largest absolute Gasteiger partial charge is 0.256 e. The summed E-state index contributed by atoms with van der Waals surface area (Å²) in [6.07, 6.45) is 3.46. The topological polar surface area (TPSA) is 38.7 Å². The van der Waals surface area contributed by atoms with Crippen molar-refractivity contribution in [3.05, 3.63) is 125 Å². The Kier molecular flexibility index (Phi) is 7.70. The summed E-state index contributed by atoms with van der Waals surface area (Å²) in [4.78, 5) is 12.6. The first kappa shape index (κ1) is 25.0. The van der Waals surface area contributed by atoms with Gasteiger partial charge in [0.25, 0.3) is 0 Å². The Labute approximate surface area is 213 Å². The molecule has 0 unspecified atom stereocenters. The number of fused-ring (bicyclic) bond motifs is 3. The lowest BCUT2D eigenvalue weighted by Crippen LogP contribution is -1.87. The zero-order valence-corrected chi connectivity index (χ0v) is 22.0. The molecule has 0 N–H and O–H groups in total. The smallest absolute Gasteiger partial charge is 0.116 e. The van der Waals surface area contributed by atoms with Crippen LogP contribution in [0.25, 0.3) is 32.6 Å². The molecular formula is C33H33N3. The number of rotatable bonds is 0. The summed E-state index contributed by atoms with van der Waals surface area (Å²) in [6.45, 7) is 12.6. The Balaban J connectivity index is 0.000000127. The quantitative estimate of drug-likeness (QED) is 0.223. The van der Waals surface area contributed by atoms with Crippen LogP contribution in [0.4, 0.5) is 0 Å². The van der Waals surface area contributed by atoms with Crippen LogP contribution in [0.2, 0.25) is 0 Å². The number of pyridine rings is 1. The van der Waals surface area contributed by atoms with Gasteiger partial charge in [0.1, 0.15) is 6.33 Å². The van der Waals surface area contributed by atoms with Crippen LogP contribution in [0, 0.1) is 41.5 Å². The Bertz CT molecular complexity index is 1450. The van der Waals surface area contributed by atoms with Gasteiger partial charge in [0.2, 0.25) is 0 Å². The molecule has 0 bridgehead atoms. The van der Waals surface area contributed by atoms with Crippen molar-refractivity contribution in [1.29, 1.82) is 0 Å². The predicted molar refractivity (Wildman–Crippen MR) is 154 cm³/mol. The minimum absolute atomic E-state index is 1.02. The zero-order valence-electron chi connectivity index (χ0n) is 22.0. The van der Waals surface area contributed by atoms with Gasteiger partial charge in [-0.25, -0.2) is 9.97 Å². The van der Waals surface area contributed by atoms with Crippen molar-refractivity contribution in [3.8, 4) is 0 Å². The highest BCUT2D eigenvalue weighted by Crippen LogP contribution is 2.19. The van der Waals surface area contributed by atoms with Crippen LogP contribution in [0.1, 0.15) is 33.5 Å². The molecule has 3 heteroatoms. The summed E-state index contributed by atoms with van der Waals surface area (Å²) < 4.78 is 0. The van der Waals surface area contributed by atoms with E-state index in [1.54, 1.807) is 6.33 Å². The fraction of sp³-hybridized carbons (Fsp3) is 0.182. The van der Waals surface area contributed by atoms with Gasteiger partial charge in [-0.05, 0) is 93.8 Å². The summed E-state index contributed by atoms with van der Waals surface area (Å²) in [7, 11) is 0. The first-order chi connectivity index (χ1) is 17.3. The Morgan fingerprint density at radius 3 is 1.78 bits per heavy atom. The summed E-state index contributed by atoms with van der Waals surface area (Å²) in [5.41, 5.74) is 9.67. The molecule has 0 atom stereocenters. The maximum absolute atomic E-state index is 4.28. The van der Waals surface area contributed by atoms with Crippen LogP contribution in [0.15, 0.2) is 91.4 Å². The second-order valence-electron chi connectivity index (χ2n) is 9.43. The Morgan fingerprint density at radius 1 is 0.472 bits per heavy atom. The average Bonchev–Trinajstić information content (AvgIpc) is 2.87. The van der Waals surface area contributed by atoms with E-state index >= 15 is 0 Å². The molecule has 0 aliphatic carbocycles. The first-order valence-electron chi connectivity index (χ1n) is 12.3. The standard InChI is InChI=1S/C12H12.C11H11N.C10H10N2/c1-9-6-7-11-5-3-4-10(2)12(11)8-9;1-8-3-4-11-10(7-8)9(2)5-6-12-11;1-7-3-4-10-9(5-7)8(2)11-6-12-10/h3-8H,1-2H3;3-7H,1-2H3;3-6H,1-2H3. The molecule has 0 spiro atoms. The van der Waals surface area contributed by atoms with E-state index in [0.29, 0.717) is 0 Å². The first-order valence-corrected chi connectivity index (χ1v) is 12.3.